The van der Waals surface area contributed by atoms with Gasteiger partial charge in [0.25, 0.3) is 0 Å². The molecule has 0 radical (unpaired) electrons. The zero-order chi connectivity index (χ0) is 10.8. The van der Waals surface area contributed by atoms with Gasteiger partial charge in [-0.3, -0.25) is 4.98 Å². The van der Waals surface area contributed by atoms with E-state index in [-0.39, 0.29) is 6.61 Å². The summed E-state index contributed by atoms with van der Waals surface area (Å²) in [7, 11) is 0. The van der Waals surface area contributed by atoms with Crippen molar-refractivity contribution in [3.05, 3.63) is 24.0 Å². The topological polar surface area (TPSA) is 42.4 Å². The van der Waals surface area contributed by atoms with Gasteiger partial charge >= 0.3 is 0 Å². The van der Waals surface area contributed by atoms with E-state index in [1.807, 2.05) is 26.8 Å². The maximum absolute atomic E-state index is 8.52. The minimum atomic E-state index is 0.171. The Morgan fingerprint density at radius 2 is 2.14 bits per heavy atom. The lowest BCUT2D eigenvalue weighted by Crippen LogP contribution is -2.00. The molecule has 3 heteroatoms. The van der Waals surface area contributed by atoms with E-state index in [0.717, 1.165) is 11.3 Å². The van der Waals surface area contributed by atoms with E-state index in [1.54, 1.807) is 12.4 Å². The van der Waals surface area contributed by atoms with Gasteiger partial charge in [0.1, 0.15) is 5.75 Å². The number of aliphatic hydroxyl groups is 1. The number of pyridine rings is 1. The highest BCUT2D eigenvalue weighted by molar-refractivity contribution is 5.28. The van der Waals surface area contributed by atoms with Crippen molar-refractivity contribution in [2.45, 2.75) is 27.2 Å². The molecule has 0 fully saturated rings. The normalized spacial score (nSPS) is 8.86. The highest BCUT2D eigenvalue weighted by Crippen LogP contribution is 2.14. The zero-order valence-electron chi connectivity index (χ0n) is 9.16. The summed E-state index contributed by atoms with van der Waals surface area (Å²) in [5, 5.41) is 8.52. The van der Waals surface area contributed by atoms with Crippen molar-refractivity contribution in [2.75, 3.05) is 13.2 Å². The first-order valence-electron chi connectivity index (χ1n) is 4.99. The Morgan fingerprint density at radius 1 is 1.43 bits per heavy atom. The lowest BCUT2D eigenvalue weighted by Gasteiger charge is -2.06. The third-order valence-electron chi connectivity index (χ3n) is 1.53. The molecule has 0 amide bonds. The average molecular weight is 197 g/mol. The lowest BCUT2D eigenvalue weighted by atomic mass is 10.3. The summed E-state index contributed by atoms with van der Waals surface area (Å²) in [6.07, 6.45) is 4.12. The van der Waals surface area contributed by atoms with E-state index in [0.29, 0.717) is 13.0 Å². The fourth-order valence-corrected chi connectivity index (χ4v) is 0.869. The molecule has 1 aromatic heterocycles. The van der Waals surface area contributed by atoms with Crippen LogP contribution in [0.15, 0.2) is 18.5 Å². The summed E-state index contributed by atoms with van der Waals surface area (Å²) in [6, 6.07) is 1.83. The highest BCUT2D eigenvalue weighted by Gasteiger charge is 1.96. The molecule has 80 valence electrons. The first-order valence-corrected chi connectivity index (χ1v) is 4.99. The Labute approximate surface area is 85.8 Å². The fraction of sp³-hybridized carbons (Fsp3) is 0.545. The van der Waals surface area contributed by atoms with Crippen molar-refractivity contribution >= 4 is 0 Å². The summed E-state index contributed by atoms with van der Waals surface area (Å²) < 4.78 is 5.38. The van der Waals surface area contributed by atoms with E-state index in [4.69, 9.17) is 9.84 Å². The number of ether oxygens (including phenoxy) is 1. The van der Waals surface area contributed by atoms with Crippen LogP contribution < -0.4 is 4.74 Å². The van der Waals surface area contributed by atoms with E-state index in [1.165, 1.54) is 0 Å². The van der Waals surface area contributed by atoms with Crippen molar-refractivity contribution < 1.29 is 9.84 Å². The minimum Gasteiger partial charge on any atom is -0.493 e. The van der Waals surface area contributed by atoms with E-state index in [9.17, 15) is 0 Å². The highest BCUT2D eigenvalue weighted by atomic mass is 16.5. The van der Waals surface area contributed by atoms with Crippen LogP contribution in [-0.4, -0.2) is 23.3 Å². The fourth-order valence-electron chi connectivity index (χ4n) is 0.869. The summed E-state index contributed by atoms with van der Waals surface area (Å²) >= 11 is 0. The first kappa shape index (κ1) is 12.9. The molecule has 3 nitrogen and oxygen atoms in total. The van der Waals surface area contributed by atoms with Gasteiger partial charge in [-0.25, -0.2) is 0 Å². The number of aryl methyl sites for hydroxylation is 1. The minimum absolute atomic E-state index is 0.171. The molecule has 0 aliphatic carbocycles. The number of hydrogen-bond donors (Lipinski definition) is 1. The van der Waals surface area contributed by atoms with Gasteiger partial charge in [-0.05, 0) is 13.0 Å². The van der Waals surface area contributed by atoms with Gasteiger partial charge < -0.3 is 9.84 Å². The smallest absolute Gasteiger partial charge is 0.125 e. The molecule has 0 atom stereocenters. The van der Waals surface area contributed by atoms with Crippen LogP contribution in [0.3, 0.4) is 0 Å². The average Bonchev–Trinajstić information content (AvgIpc) is 2.24. The van der Waals surface area contributed by atoms with Crippen LogP contribution in [-0.2, 0) is 0 Å². The van der Waals surface area contributed by atoms with Gasteiger partial charge in [0.2, 0.25) is 0 Å². The second-order valence-electron chi connectivity index (χ2n) is 2.57. The van der Waals surface area contributed by atoms with Gasteiger partial charge in [-0.15, -0.1) is 0 Å². The van der Waals surface area contributed by atoms with Crippen LogP contribution >= 0.6 is 0 Å². The summed E-state index contributed by atoms with van der Waals surface area (Å²) in [5.41, 5.74) is 1.02. The van der Waals surface area contributed by atoms with Crippen LogP contribution in [0, 0.1) is 6.92 Å². The van der Waals surface area contributed by atoms with Gasteiger partial charge in [-0.1, -0.05) is 13.8 Å². The standard InChI is InChI=1S/C9H13NO2.C2H6/c1-8-7-10-4-3-9(8)12-6-2-5-11;1-2/h3-4,7,11H,2,5-6H2,1H3;1-2H3. The second kappa shape index (κ2) is 8.51. The Kier molecular flexibility index (Phi) is 7.84. The number of aromatic nitrogens is 1. The zero-order valence-corrected chi connectivity index (χ0v) is 9.16. The number of hydrogen-bond acceptors (Lipinski definition) is 3. The molecule has 1 aromatic rings. The van der Waals surface area contributed by atoms with Crippen LogP contribution in [0.4, 0.5) is 0 Å². The molecule has 0 bridgehead atoms. The maximum Gasteiger partial charge on any atom is 0.125 e. The molecule has 0 aromatic carbocycles. The predicted octanol–water partition coefficient (Wildman–Crippen LogP) is 2.18. The summed E-state index contributed by atoms with van der Waals surface area (Å²) in [5.74, 6) is 0.846. The number of aliphatic hydroxyl groups excluding tert-OH is 1. The molecule has 1 rings (SSSR count). The SMILES string of the molecule is CC.Cc1cnccc1OCCCO. The van der Waals surface area contributed by atoms with Crippen LogP contribution in [0.5, 0.6) is 5.75 Å². The first-order chi connectivity index (χ1) is 6.84. The monoisotopic (exact) mass is 197 g/mol. The summed E-state index contributed by atoms with van der Waals surface area (Å²) in [4.78, 5) is 3.94. The Bertz CT molecular complexity index is 238. The van der Waals surface area contributed by atoms with Gasteiger partial charge in [-0.2, -0.15) is 0 Å². The van der Waals surface area contributed by atoms with Gasteiger partial charge in [0.05, 0.1) is 6.61 Å². The molecule has 0 spiro atoms. The van der Waals surface area contributed by atoms with Crippen LogP contribution in [0.25, 0.3) is 0 Å². The molecular weight excluding hydrogens is 178 g/mol. The predicted molar refractivity (Wildman–Crippen MR) is 57.5 cm³/mol. The molecule has 0 saturated carbocycles. The number of nitrogens with zero attached hydrogens (tertiary/aromatic N) is 1. The molecule has 0 unspecified atom stereocenters. The van der Waals surface area contributed by atoms with Crippen molar-refractivity contribution in [3.63, 3.8) is 0 Å². The molecule has 14 heavy (non-hydrogen) atoms. The number of rotatable bonds is 4. The van der Waals surface area contributed by atoms with Gasteiger partial charge in [0, 0.05) is 31.0 Å². The van der Waals surface area contributed by atoms with Crippen LogP contribution in [0.2, 0.25) is 0 Å². The second-order valence-corrected chi connectivity index (χ2v) is 2.57. The van der Waals surface area contributed by atoms with Gasteiger partial charge in [0.15, 0.2) is 0 Å². The Hall–Kier alpha value is -1.09. The Morgan fingerprint density at radius 3 is 2.71 bits per heavy atom. The van der Waals surface area contributed by atoms with Crippen LogP contribution in [0.1, 0.15) is 25.8 Å². The molecule has 0 aliphatic heterocycles. The van der Waals surface area contributed by atoms with Crippen molar-refractivity contribution in [1.82, 2.24) is 4.98 Å². The quantitative estimate of drug-likeness (QED) is 0.752. The molecule has 0 saturated heterocycles. The lowest BCUT2D eigenvalue weighted by molar-refractivity contribution is 0.233. The maximum atomic E-state index is 8.52. The summed E-state index contributed by atoms with van der Waals surface area (Å²) in [6.45, 7) is 6.67. The van der Waals surface area contributed by atoms with E-state index in [2.05, 4.69) is 4.98 Å². The van der Waals surface area contributed by atoms with Crippen molar-refractivity contribution in [2.24, 2.45) is 0 Å². The van der Waals surface area contributed by atoms with E-state index < -0.39 is 0 Å². The largest absolute Gasteiger partial charge is 0.493 e. The Balaban J connectivity index is 0.000000791. The molecule has 1 heterocycles. The van der Waals surface area contributed by atoms with Crippen molar-refractivity contribution in [1.29, 1.82) is 0 Å². The molecule has 0 aliphatic rings. The van der Waals surface area contributed by atoms with Crippen molar-refractivity contribution in [3.8, 4) is 5.75 Å². The third-order valence-corrected chi connectivity index (χ3v) is 1.53. The molecular formula is C11H19NO2. The third kappa shape index (κ3) is 4.82. The molecule has 1 N–H and O–H groups in total. The van der Waals surface area contributed by atoms with E-state index >= 15 is 0 Å².